The molecule has 4 rings (SSSR count). The van der Waals surface area contributed by atoms with E-state index >= 15 is 0 Å². The molecule has 0 spiro atoms. The highest BCUT2D eigenvalue weighted by Gasteiger charge is 2.48. The van der Waals surface area contributed by atoms with Crippen LogP contribution in [0.4, 0.5) is 0 Å². The molecule has 3 aromatic rings. The lowest BCUT2D eigenvalue weighted by Gasteiger charge is -2.43. The van der Waals surface area contributed by atoms with Crippen molar-refractivity contribution in [2.24, 2.45) is 0 Å². The van der Waals surface area contributed by atoms with E-state index in [4.69, 9.17) is 4.74 Å². The Kier molecular flexibility index (Phi) is 7.00. The number of nitrogens with zero attached hydrogens (tertiary/aromatic N) is 3. The lowest BCUT2D eigenvalue weighted by Crippen LogP contribution is -2.63. The second-order valence-corrected chi connectivity index (χ2v) is 8.80. The van der Waals surface area contributed by atoms with Gasteiger partial charge >= 0.3 is 5.97 Å². The number of nitrogens with one attached hydrogen (secondary N) is 1. The van der Waals surface area contributed by atoms with Crippen LogP contribution in [0, 0.1) is 0 Å². The lowest BCUT2D eigenvalue weighted by molar-refractivity contribution is -0.133. The molecule has 35 heavy (non-hydrogen) atoms. The fourth-order valence-electron chi connectivity index (χ4n) is 4.29. The summed E-state index contributed by atoms with van der Waals surface area (Å²) in [5.74, 6) is -1.25. The number of benzene rings is 2. The number of ether oxygens (including phenoxy) is 1. The zero-order valence-corrected chi connectivity index (χ0v) is 20.3. The van der Waals surface area contributed by atoms with Gasteiger partial charge in [-0.05, 0) is 37.0 Å². The monoisotopic (exact) mass is 474 g/mol. The molecule has 1 aliphatic heterocycles. The molecule has 0 bridgehead atoms. The van der Waals surface area contributed by atoms with Crippen molar-refractivity contribution in [1.29, 1.82) is 0 Å². The molecule has 8 nitrogen and oxygen atoms in total. The van der Waals surface area contributed by atoms with Crippen LogP contribution in [0.3, 0.4) is 0 Å². The van der Waals surface area contributed by atoms with Crippen molar-refractivity contribution in [3.63, 3.8) is 0 Å². The molecule has 1 atom stereocenters. The lowest BCUT2D eigenvalue weighted by atomic mass is 9.93. The van der Waals surface area contributed by atoms with E-state index in [1.54, 1.807) is 18.7 Å². The van der Waals surface area contributed by atoms with Gasteiger partial charge in [-0.1, -0.05) is 61.5 Å². The topological polar surface area (TPSA) is 93.5 Å². The maximum absolute atomic E-state index is 13.7. The van der Waals surface area contributed by atoms with Crippen LogP contribution >= 0.6 is 0 Å². The van der Waals surface area contributed by atoms with Crippen molar-refractivity contribution < 1.29 is 19.1 Å². The summed E-state index contributed by atoms with van der Waals surface area (Å²) in [6, 6.07) is 19.0. The highest BCUT2D eigenvalue weighted by molar-refractivity contribution is 6.01. The largest absolute Gasteiger partial charge is 0.461 e. The Morgan fingerprint density at radius 1 is 1.03 bits per heavy atom. The number of amides is 2. The molecule has 0 saturated heterocycles. The fraction of sp³-hybridized carbons (Fsp3) is 0.333. The van der Waals surface area contributed by atoms with E-state index in [0.717, 1.165) is 23.1 Å². The summed E-state index contributed by atoms with van der Waals surface area (Å²) >= 11 is 0. The maximum atomic E-state index is 13.7. The molecule has 0 fully saturated rings. The molecule has 8 heteroatoms. The maximum Gasteiger partial charge on any atom is 0.358 e. The van der Waals surface area contributed by atoms with Crippen molar-refractivity contribution in [3.8, 4) is 0 Å². The minimum absolute atomic E-state index is 0.0528. The zero-order valence-electron chi connectivity index (χ0n) is 20.3. The van der Waals surface area contributed by atoms with Gasteiger partial charge in [-0.2, -0.15) is 5.10 Å². The van der Waals surface area contributed by atoms with Gasteiger partial charge in [-0.25, -0.2) is 4.79 Å². The first-order chi connectivity index (χ1) is 16.9. The van der Waals surface area contributed by atoms with Crippen LogP contribution in [0.5, 0.6) is 0 Å². The van der Waals surface area contributed by atoms with E-state index < -0.39 is 11.5 Å². The molecular weight excluding hydrogens is 444 g/mol. The number of carbonyl (C=O) groups excluding carboxylic acids is 3. The van der Waals surface area contributed by atoms with Gasteiger partial charge in [0.05, 0.1) is 13.2 Å². The smallest absolute Gasteiger partial charge is 0.358 e. The van der Waals surface area contributed by atoms with E-state index in [0.29, 0.717) is 6.54 Å². The van der Waals surface area contributed by atoms with Crippen LogP contribution in [-0.2, 0) is 35.6 Å². The molecule has 2 aromatic carbocycles. The van der Waals surface area contributed by atoms with Crippen LogP contribution in [0.15, 0.2) is 60.7 Å². The van der Waals surface area contributed by atoms with Crippen LogP contribution in [0.1, 0.15) is 58.4 Å². The first-order valence-corrected chi connectivity index (χ1v) is 11.8. The number of esters is 1. The molecule has 2 heterocycles. The van der Waals surface area contributed by atoms with Gasteiger partial charge in [0.15, 0.2) is 5.69 Å². The normalized spacial score (nSPS) is 17.1. The molecule has 1 N–H and O–H groups in total. The molecule has 2 amide bonds. The van der Waals surface area contributed by atoms with Crippen LogP contribution < -0.4 is 5.32 Å². The third kappa shape index (κ3) is 4.96. The van der Waals surface area contributed by atoms with Crippen molar-refractivity contribution in [2.45, 2.75) is 52.4 Å². The van der Waals surface area contributed by atoms with Gasteiger partial charge in [0.1, 0.15) is 11.2 Å². The standard InChI is InChI=1S/C27H30N4O4/c1-4-19-12-9-13-21(14-19)17-30-24(32)23-15-22(25(33)35-5-2)29-31(23)18-27(30,3)26(34)28-16-20-10-7-6-8-11-20/h6-15H,4-5,16-18H2,1-3H3,(H,28,34)/t27-/m0/s1. The fourth-order valence-corrected chi connectivity index (χ4v) is 4.29. The Morgan fingerprint density at radius 2 is 1.74 bits per heavy atom. The van der Waals surface area contributed by atoms with Gasteiger partial charge in [-0.15, -0.1) is 0 Å². The number of hydrogen-bond acceptors (Lipinski definition) is 5. The minimum atomic E-state index is -1.22. The number of hydrogen-bond donors (Lipinski definition) is 1. The molecule has 0 unspecified atom stereocenters. The summed E-state index contributed by atoms with van der Waals surface area (Å²) in [6.07, 6.45) is 0.867. The average molecular weight is 475 g/mol. The summed E-state index contributed by atoms with van der Waals surface area (Å²) in [6.45, 7) is 6.42. The second kappa shape index (κ2) is 10.1. The highest BCUT2D eigenvalue weighted by Crippen LogP contribution is 2.30. The summed E-state index contributed by atoms with van der Waals surface area (Å²) in [4.78, 5) is 41.1. The van der Waals surface area contributed by atoms with E-state index in [1.165, 1.54) is 10.7 Å². The summed E-state index contributed by atoms with van der Waals surface area (Å²) in [7, 11) is 0. The number of carbonyl (C=O) groups is 3. The summed E-state index contributed by atoms with van der Waals surface area (Å²) in [5, 5.41) is 7.28. The van der Waals surface area contributed by atoms with E-state index in [1.807, 2.05) is 54.6 Å². The van der Waals surface area contributed by atoms with E-state index in [-0.39, 0.29) is 42.9 Å². The molecule has 0 radical (unpaired) electrons. The molecule has 1 aliphatic rings. The quantitative estimate of drug-likeness (QED) is 0.506. The number of fused-ring (bicyclic) bond motifs is 1. The van der Waals surface area contributed by atoms with Crippen molar-refractivity contribution in [3.05, 3.63) is 88.7 Å². The first kappa shape index (κ1) is 24.2. The Hall–Kier alpha value is -3.94. The van der Waals surface area contributed by atoms with Gasteiger partial charge < -0.3 is 15.0 Å². The molecule has 182 valence electrons. The zero-order chi connectivity index (χ0) is 25.0. The van der Waals surface area contributed by atoms with Crippen molar-refractivity contribution in [2.75, 3.05) is 6.61 Å². The Bertz CT molecular complexity index is 1240. The predicted molar refractivity (Wildman–Crippen MR) is 131 cm³/mol. The Labute approximate surface area is 204 Å². The predicted octanol–water partition coefficient (Wildman–Crippen LogP) is 3.35. The first-order valence-electron chi connectivity index (χ1n) is 11.8. The third-order valence-corrected chi connectivity index (χ3v) is 6.31. The SMILES string of the molecule is CCOC(=O)c1cc2n(n1)C[C@@](C)(C(=O)NCc1ccccc1)N(Cc1cccc(CC)c1)C2=O. The van der Waals surface area contributed by atoms with Crippen molar-refractivity contribution in [1.82, 2.24) is 20.0 Å². The third-order valence-electron chi connectivity index (χ3n) is 6.31. The highest BCUT2D eigenvalue weighted by atomic mass is 16.5. The second-order valence-electron chi connectivity index (χ2n) is 8.80. The van der Waals surface area contributed by atoms with Gasteiger partial charge in [0.25, 0.3) is 5.91 Å². The van der Waals surface area contributed by atoms with Gasteiger partial charge in [0, 0.05) is 19.2 Å². The van der Waals surface area contributed by atoms with Crippen LogP contribution in [0.25, 0.3) is 0 Å². The average Bonchev–Trinajstić information content (AvgIpc) is 3.30. The molecular formula is C27H30N4O4. The minimum Gasteiger partial charge on any atom is -0.461 e. The summed E-state index contributed by atoms with van der Waals surface area (Å²) < 4.78 is 6.50. The number of aromatic nitrogens is 2. The van der Waals surface area contributed by atoms with E-state index in [2.05, 4.69) is 17.3 Å². The number of aryl methyl sites for hydroxylation is 1. The molecule has 0 saturated carbocycles. The molecule has 0 aliphatic carbocycles. The number of rotatable bonds is 8. The van der Waals surface area contributed by atoms with Crippen LogP contribution in [0.2, 0.25) is 0 Å². The summed E-state index contributed by atoms with van der Waals surface area (Å²) in [5.41, 5.74) is 2.12. The Morgan fingerprint density at radius 3 is 2.46 bits per heavy atom. The van der Waals surface area contributed by atoms with Gasteiger partial charge in [0.2, 0.25) is 5.91 Å². The van der Waals surface area contributed by atoms with Gasteiger partial charge in [-0.3, -0.25) is 14.3 Å². The Balaban J connectivity index is 1.68. The van der Waals surface area contributed by atoms with Crippen molar-refractivity contribution >= 4 is 17.8 Å². The van der Waals surface area contributed by atoms with Crippen LogP contribution in [-0.4, -0.2) is 44.6 Å². The molecule has 1 aromatic heterocycles. The van der Waals surface area contributed by atoms with E-state index in [9.17, 15) is 14.4 Å².